The molecule has 0 aromatic carbocycles. The first-order chi connectivity index (χ1) is 9.02. The van der Waals surface area contributed by atoms with Gasteiger partial charge in [0.1, 0.15) is 0 Å². The number of nitrogens with zero attached hydrogens (tertiary/aromatic N) is 2. The van der Waals surface area contributed by atoms with Crippen molar-refractivity contribution in [2.45, 2.75) is 31.8 Å². The first kappa shape index (κ1) is 15.4. The molecule has 1 aromatic heterocycles. The molecule has 19 heavy (non-hydrogen) atoms. The van der Waals surface area contributed by atoms with E-state index in [0.29, 0.717) is 18.6 Å². The van der Waals surface area contributed by atoms with Gasteiger partial charge in [0.15, 0.2) is 0 Å². The Kier molecular flexibility index (Phi) is 5.43. The summed E-state index contributed by atoms with van der Waals surface area (Å²) in [5.74, 6) is 0. The number of hydrogen-bond acceptors (Lipinski definition) is 4. The van der Waals surface area contributed by atoms with Gasteiger partial charge in [-0.05, 0) is 68.9 Å². The highest BCUT2D eigenvalue weighted by molar-refractivity contribution is 9.10. The van der Waals surface area contributed by atoms with Gasteiger partial charge in [0.05, 0.1) is 6.04 Å². The lowest BCUT2D eigenvalue weighted by Crippen LogP contribution is -2.44. The summed E-state index contributed by atoms with van der Waals surface area (Å²) in [6.07, 6.45) is 2.49. The monoisotopic (exact) mass is 345 g/mol. The second kappa shape index (κ2) is 6.68. The molecule has 1 fully saturated rings. The summed E-state index contributed by atoms with van der Waals surface area (Å²) in [4.78, 5) is 7.62. The van der Waals surface area contributed by atoms with Crippen molar-refractivity contribution in [1.29, 1.82) is 0 Å². The highest BCUT2D eigenvalue weighted by atomic mass is 79.9. The van der Waals surface area contributed by atoms with E-state index in [-0.39, 0.29) is 0 Å². The van der Waals surface area contributed by atoms with E-state index in [1.54, 1.807) is 0 Å². The molecule has 5 heteroatoms. The topological polar surface area (TPSA) is 32.5 Å². The van der Waals surface area contributed by atoms with E-state index < -0.39 is 0 Å². The van der Waals surface area contributed by atoms with Crippen molar-refractivity contribution in [3.05, 3.63) is 20.3 Å². The van der Waals surface area contributed by atoms with Gasteiger partial charge in [-0.3, -0.25) is 4.90 Å². The molecular weight excluding hydrogens is 322 g/mol. The maximum atomic E-state index is 6.04. The quantitative estimate of drug-likeness (QED) is 0.910. The molecule has 2 heterocycles. The summed E-state index contributed by atoms with van der Waals surface area (Å²) in [6.45, 7) is 5.23. The van der Waals surface area contributed by atoms with Crippen LogP contribution in [0.25, 0.3) is 0 Å². The van der Waals surface area contributed by atoms with E-state index in [0.717, 1.165) is 0 Å². The third-order valence-electron chi connectivity index (χ3n) is 4.18. The van der Waals surface area contributed by atoms with E-state index >= 15 is 0 Å². The summed E-state index contributed by atoms with van der Waals surface area (Å²) >= 11 is 5.47. The van der Waals surface area contributed by atoms with Gasteiger partial charge in [0.2, 0.25) is 0 Å². The zero-order valence-electron chi connectivity index (χ0n) is 12.0. The molecule has 0 saturated carbocycles. The lowest BCUT2D eigenvalue weighted by atomic mass is 10.0. The average molecular weight is 346 g/mol. The number of aryl methyl sites for hydroxylation is 1. The number of thiophene rings is 1. The Morgan fingerprint density at radius 2 is 2.16 bits per heavy atom. The number of likely N-dealkylation sites (tertiary alicyclic amines) is 1. The van der Waals surface area contributed by atoms with Crippen molar-refractivity contribution in [2.24, 2.45) is 5.73 Å². The molecule has 2 rings (SSSR count). The Morgan fingerprint density at radius 3 is 2.63 bits per heavy atom. The molecule has 3 nitrogen and oxygen atoms in total. The third kappa shape index (κ3) is 3.58. The molecule has 2 N–H and O–H groups in total. The Labute approximate surface area is 128 Å². The predicted molar refractivity (Wildman–Crippen MR) is 86.8 cm³/mol. The summed E-state index contributed by atoms with van der Waals surface area (Å²) < 4.78 is 1.21. The zero-order valence-corrected chi connectivity index (χ0v) is 14.4. The minimum absolute atomic E-state index is 0.350. The second-order valence-corrected chi connectivity index (χ2v) is 7.65. The summed E-state index contributed by atoms with van der Waals surface area (Å²) in [7, 11) is 4.44. The van der Waals surface area contributed by atoms with Crippen LogP contribution in [0.1, 0.15) is 28.6 Å². The van der Waals surface area contributed by atoms with Crippen LogP contribution in [0.3, 0.4) is 0 Å². The molecule has 0 amide bonds. The predicted octanol–water partition coefficient (Wildman–Crippen LogP) is 2.84. The van der Waals surface area contributed by atoms with Gasteiger partial charge in [-0.1, -0.05) is 0 Å². The highest BCUT2D eigenvalue weighted by Crippen LogP contribution is 2.34. The Bertz CT molecular complexity index is 393. The van der Waals surface area contributed by atoms with Crippen molar-refractivity contribution in [3.8, 4) is 0 Å². The highest BCUT2D eigenvalue weighted by Gasteiger charge is 2.27. The van der Waals surface area contributed by atoms with Gasteiger partial charge in [0.25, 0.3) is 0 Å². The Morgan fingerprint density at radius 1 is 1.53 bits per heavy atom. The van der Waals surface area contributed by atoms with Crippen molar-refractivity contribution >= 4 is 27.3 Å². The van der Waals surface area contributed by atoms with Crippen LogP contribution >= 0.6 is 27.3 Å². The lowest BCUT2D eigenvalue weighted by molar-refractivity contribution is 0.111. The van der Waals surface area contributed by atoms with E-state index in [4.69, 9.17) is 5.73 Å². The van der Waals surface area contributed by atoms with Gasteiger partial charge in [-0.25, -0.2) is 0 Å². The first-order valence-corrected chi connectivity index (χ1v) is 8.50. The smallest absolute Gasteiger partial charge is 0.0564 e. The van der Waals surface area contributed by atoms with Gasteiger partial charge in [0, 0.05) is 26.8 Å². The normalized spacial score (nSPS) is 20.1. The van der Waals surface area contributed by atoms with Crippen molar-refractivity contribution in [1.82, 2.24) is 9.80 Å². The average Bonchev–Trinajstić information content (AvgIpc) is 2.71. The number of nitrogens with two attached hydrogens (primary N) is 1. The molecule has 0 spiro atoms. The van der Waals surface area contributed by atoms with Crippen LogP contribution in [0.15, 0.2) is 10.5 Å². The van der Waals surface area contributed by atoms with Crippen LogP contribution in [-0.2, 0) is 0 Å². The van der Waals surface area contributed by atoms with E-state index in [9.17, 15) is 0 Å². The number of hydrogen-bond donors (Lipinski definition) is 1. The van der Waals surface area contributed by atoms with Gasteiger partial charge in [-0.15, -0.1) is 11.3 Å². The number of halogens is 1. The Balaban J connectivity index is 2.08. The maximum absolute atomic E-state index is 6.04. The molecule has 1 aliphatic rings. The van der Waals surface area contributed by atoms with E-state index in [2.05, 4.69) is 52.8 Å². The number of piperidine rings is 1. The van der Waals surface area contributed by atoms with Crippen LogP contribution < -0.4 is 5.73 Å². The fourth-order valence-electron chi connectivity index (χ4n) is 2.79. The standard InChI is InChI=1S/C14H24BrN3S/c1-10-12(15)8-14(19-10)13(9-16)18(3)11-4-6-17(2)7-5-11/h8,11,13H,4-7,9,16H2,1-3H3. The van der Waals surface area contributed by atoms with Crippen molar-refractivity contribution < 1.29 is 0 Å². The molecule has 1 atom stereocenters. The van der Waals surface area contributed by atoms with Crippen molar-refractivity contribution in [3.63, 3.8) is 0 Å². The van der Waals surface area contributed by atoms with E-state index in [1.807, 2.05) is 11.3 Å². The van der Waals surface area contributed by atoms with Crippen molar-refractivity contribution in [2.75, 3.05) is 33.7 Å². The summed E-state index contributed by atoms with van der Waals surface area (Å²) in [5, 5.41) is 0. The second-order valence-electron chi connectivity index (χ2n) is 5.50. The van der Waals surface area contributed by atoms with E-state index in [1.165, 1.54) is 40.2 Å². The largest absolute Gasteiger partial charge is 0.329 e. The number of likely N-dealkylation sites (N-methyl/N-ethyl adjacent to an activating group) is 1. The number of rotatable bonds is 4. The molecule has 1 unspecified atom stereocenters. The molecule has 0 aliphatic carbocycles. The molecule has 108 valence electrons. The molecule has 0 radical (unpaired) electrons. The first-order valence-electron chi connectivity index (χ1n) is 6.89. The van der Waals surface area contributed by atoms with Gasteiger partial charge in [-0.2, -0.15) is 0 Å². The molecular formula is C14H24BrN3S. The van der Waals surface area contributed by atoms with Gasteiger partial charge < -0.3 is 10.6 Å². The van der Waals surface area contributed by atoms with Crippen LogP contribution in [0.2, 0.25) is 0 Å². The Hall–Kier alpha value is 0.0600. The van der Waals surface area contributed by atoms with Gasteiger partial charge >= 0.3 is 0 Å². The van der Waals surface area contributed by atoms with Crippen LogP contribution in [0.4, 0.5) is 0 Å². The molecule has 1 aromatic rings. The fraction of sp³-hybridized carbons (Fsp3) is 0.714. The lowest BCUT2D eigenvalue weighted by Gasteiger charge is -2.38. The summed E-state index contributed by atoms with van der Waals surface area (Å²) in [5.41, 5.74) is 6.04. The van der Waals surface area contributed by atoms with Crippen LogP contribution in [0, 0.1) is 6.92 Å². The molecule has 0 bridgehead atoms. The van der Waals surface area contributed by atoms with Crippen LogP contribution in [0.5, 0.6) is 0 Å². The van der Waals surface area contributed by atoms with Crippen LogP contribution in [-0.4, -0.2) is 49.6 Å². The molecule has 1 saturated heterocycles. The SMILES string of the molecule is Cc1sc(C(CN)N(C)C2CCN(C)CC2)cc1Br. The third-order valence-corrected chi connectivity index (χ3v) is 6.42. The zero-order chi connectivity index (χ0) is 14.0. The molecule has 1 aliphatic heterocycles. The fourth-order valence-corrected chi connectivity index (χ4v) is 4.51. The minimum atomic E-state index is 0.350. The minimum Gasteiger partial charge on any atom is -0.329 e. The summed E-state index contributed by atoms with van der Waals surface area (Å²) in [6, 6.07) is 3.25. The maximum Gasteiger partial charge on any atom is 0.0564 e.